The van der Waals surface area contributed by atoms with E-state index in [1.807, 2.05) is 72.8 Å². The number of phenolic OH excluding ortho intramolecular Hbond substituents is 1. The fourth-order valence-electron chi connectivity index (χ4n) is 3.78. The summed E-state index contributed by atoms with van der Waals surface area (Å²) < 4.78 is 1.04. The second-order valence-corrected chi connectivity index (χ2v) is 8.21. The zero-order valence-corrected chi connectivity index (χ0v) is 17.9. The number of ketones is 1. The lowest BCUT2D eigenvalue weighted by atomic mass is 9.71. The van der Waals surface area contributed by atoms with Gasteiger partial charge in [0.05, 0.1) is 0 Å². The van der Waals surface area contributed by atoms with Crippen LogP contribution in [0.3, 0.4) is 0 Å². The van der Waals surface area contributed by atoms with Crippen LogP contribution in [-0.2, 0) is 5.41 Å². The summed E-state index contributed by atoms with van der Waals surface area (Å²) in [6.07, 6.45) is 10.6. The summed E-state index contributed by atoms with van der Waals surface area (Å²) in [6.45, 7) is 0. The molecule has 0 aromatic heterocycles. The monoisotopic (exact) mass is 456 g/mol. The Balaban J connectivity index is 1.74. The first kappa shape index (κ1) is 20.1. The van der Waals surface area contributed by atoms with Crippen molar-refractivity contribution in [3.8, 4) is 5.75 Å². The molecule has 3 aromatic rings. The first-order valence-corrected chi connectivity index (χ1v) is 10.6. The summed E-state index contributed by atoms with van der Waals surface area (Å²) in [7, 11) is 0. The summed E-state index contributed by atoms with van der Waals surface area (Å²) in [5.41, 5.74) is 3.50. The Labute approximate surface area is 185 Å². The first-order chi connectivity index (χ1) is 14.6. The molecule has 0 amide bonds. The van der Waals surface area contributed by atoms with Crippen LogP contribution in [0.25, 0.3) is 5.57 Å². The molecule has 3 aromatic carbocycles. The summed E-state index contributed by atoms with van der Waals surface area (Å²) in [4.78, 5) is 12.7. The first-order valence-electron chi connectivity index (χ1n) is 9.79. The molecule has 4 rings (SSSR count). The SMILES string of the molecule is O=C(/C=C/C1(c2ccc(O)cc2)C=CC=C(c2ccccc2Br)C1)c1ccccc1. The standard InChI is InChI=1S/C27H21BrO2/c28-25-11-5-4-10-24(25)21-9-6-17-27(19-21,22-12-14-23(29)15-13-22)18-16-26(30)20-7-2-1-3-8-20/h1-18,29H,19H2/b18-16+. The van der Waals surface area contributed by atoms with E-state index >= 15 is 0 Å². The number of hydrogen-bond donors (Lipinski definition) is 1. The average Bonchev–Trinajstić information content (AvgIpc) is 2.79. The summed E-state index contributed by atoms with van der Waals surface area (Å²) in [5.74, 6) is 0.193. The highest BCUT2D eigenvalue weighted by atomic mass is 79.9. The molecule has 1 N–H and O–H groups in total. The van der Waals surface area contributed by atoms with E-state index in [1.54, 1.807) is 18.2 Å². The average molecular weight is 457 g/mol. The van der Waals surface area contributed by atoms with Crippen molar-refractivity contribution in [2.24, 2.45) is 0 Å². The zero-order valence-electron chi connectivity index (χ0n) is 16.3. The summed E-state index contributed by atoms with van der Waals surface area (Å²) >= 11 is 3.66. The Morgan fingerprint density at radius 2 is 1.63 bits per heavy atom. The van der Waals surface area contributed by atoms with Gasteiger partial charge in [-0.05, 0) is 47.4 Å². The lowest BCUT2D eigenvalue weighted by molar-refractivity contribution is 0.104. The van der Waals surface area contributed by atoms with Crippen LogP contribution < -0.4 is 0 Å². The van der Waals surface area contributed by atoms with E-state index in [9.17, 15) is 9.90 Å². The molecular formula is C27H21BrO2. The predicted molar refractivity (Wildman–Crippen MR) is 126 cm³/mol. The van der Waals surface area contributed by atoms with Crippen molar-refractivity contribution in [1.82, 2.24) is 0 Å². The third kappa shape index (κ3) is 4.22. The number of aromatic hydroxyl groups is 1. The number of carbonyl (C=O) groups excluding carboxylic acids is 1. The maximum absolute atomic E-state index is 12.7. The molecule has 2 nitrogen and oxygen atoms in total. The fraction of sp³-hybridized carbons (Fsp3) is 0.0741. The molecule has 0 saturated carbocycles. The highest BCUT2D eigenvalue weighted by molar-refractivity contribution is 9.10. The number of hydrogen-bond acceptors (Lipinski definition) is 2. The van der Waals surface area contributed by atoms with Crippen LogP contribution in [0.2, 0.25) is 0 Å². The lowest BCUT2D eigenvalue weighted by Crippen LogP contribution is -2.23. The van der Waals surface area contributed by atoms with Crippen LogP contribution in [0.15, 0.2) is 114 Å². The number of phenols is 1. The Hall–Kier alpha value is -3.17. The maximum atomic E-state index is 12.7. The van der Waals surface area contributed by atoms with E-state index in [-0.39, 0.29) is 11.5 Å². The van der Waals surface area contributed by atoms with Gasteiger partial charge >= 0.3 is 0 Å². The maximum Gasteiger partial charge on any atom is 0.185 e. The highest BCUT2D eigenvalue weighted by Gasteiger charge is 2.31. The van der Waals surface area contributed by atoms with E-state index in [2.05, 4.69) is 34.1 Å². The van der Waals surface area contributed by atoms with E-state index < -0.39 is 5.41 Å². The van der Waals surface area contributed by atoms with E-state index in [0.717, 1.165) is 15.6 Å². The molecule has 0 fully saturated rings. The van der Waals surface area contributed by atoms with Crippen LogP contribution in [0, 0.1) is 0 Å². The van der Waals surface area contributed by atoms with Crippen LogP contribution in [0.1, 0.15) is 27.9 Å². The van der Waals surface area contributed by atoms with Gasteiger partial charge in [0.15, 0.2) is 5.78 Å². The molecule has 1 atom stereocenters. The quantitative estimate of drug-likeness (QED) is 0.335. The Morgan fingerprint density at radius 3 is 2.37 bits per heavy atom. The van der Waals surface area contributed by atoms with E-state index in [1.165, 1.54) is 5.57 Å². The predicted octanol–water partition coefficient (Wildman–Crippen LogP) is 6.88. The molecule has 0 spiro atoms. The topological polar surface area (TPSA) is 37.3 Å². The molecule has 30 heavy (non-hydrogen) atoms. The van der Waals surface area contributed by atoms with Gasteiger partial charge in [0.25, 0.3) is 0 Å². The minimum Gasteiger partial charge on any atom is -0.508 e. The minimum atomic E-state index is -0.489. The molecule has 1 unspecified atom stereocenters. The van der Waals surface area contributed by atoms with Crippen molar-refractivity contribution in [3.05, 3.63) is 130 Å². The molecule has 3 heteroatoms. The van der Waals surface area contributed by atoms with Crippen LogP contribution in [0.5, 0.6) is 5.75 Å². The largest absolute Gasteiger partial charge is 0.508 e. The van der Waals surface area contributed by atoms with Gasteiger partial charge in [0.2, 0.25) is 0 Å². The van der Waals surface area contributed by atoms with Crippen LogP contribution in [0.4, 0.5) is 0 Å². The van der Waals surface area contributed by atoms with Crippen molar-refractivity contribution in [3.63, 3.8) is 0 Å². The molecule has 0 radical (unpaired) electrons. The Kier molecular flexibility index (Phi) is 5.82. The molecule has 0 aliphatic heterocycles. The molecule has 148 valence electrons. The molecule has 0 saturated heterocycles. The Bertz CT molecular complexity index is 1140. The van der Waals surface area contributed by atoms with Gasteiger partial charge in [-0.3, -0.25) is 4.79 Å². The number of rotatable bonds is 5. The van der Waals surface area contributed by atoms with Crippen molar-refractivity contribution in [1.29, 1.82) is 0 Å². The number of allylic oxidation sites excluding steroid dienone is 6. The third-order valence-corrected chi connectivity index (χ3v) is 6.08. The smallest absolute Gasteiger partial charge is 0.185 e. The fourth-order valence-corrected chi connectivity index (χ4v) is 4.32. The molecule has 1 aliphatic rings. The molecule has 0 bridgehead atoms. The van der Waals surface area contributed by atoms with Crippen molar-refractivity contribution in [2.45, 2.75) is 11.8 Å². The van der Waals surface area contributed by atoms with Crippen LogP contribution in [-0.4, -0.2) is 10.9 Å². The highest BCUT2D eigenvalue weighted by Crippen LogP contribution is 2.42. The number of halogens is 1. The Morgan fingerprint density at radius 1 is 0.933 bits per heavy atom. The molecule has 0 heterocycles. The minimum absolute atomic E-state index is 0.0286. The van der Waals surface area contributed by atoms with Crippen molar-refractivity contribution < 1.29 is 9.90 Å². The van der Waals surface area contributed by atoms with Crippen molar-refractivity contribution in [2.75, 3.05) is 0 Å². The lowest BCUT2D eigenvalue weighted by Gasteiger charge is -2.32. The zero-order chi connectivity index (χ0) is 21.0. The van der Waals surface area contributed by atoms with Gasteiger partial charge in [0, 0.05) is 15.5 Å². The van der Waals surface area contributed by atoms with Crippen LogP contribution >= 0.6 is 15.9 Å². The molecular weight excluding hydrogens is 436 g/mol. The van der Waals surface area contributed by atoms with Gasteiger partial charge in [-0.1, -0.05) is 101 Å². The van der Waals surface area contributed by atoms with Gasteiger partial charge in [-0.2, -0.15) is 0 Å². The second-order valence-electron chi connectivity index (χ2n) is 7.36. The van der Waals surface area contributed by atoms with Gasteiger partial charge in [-0.15, -0.1) is 0 Å². The van der Waals surface area contributed by atoms with Gasteiger partial charge in [0.1, 0.15) is 5.75 Å². The third-order valence-electron chi connectivity index (χ3n) is 5.39. The van der Waals surface area contributed by atoms with Gasteiger partial charge < -0.3 is 5.11 Å². The number of carbonyl (C=O) groups is 1. The van der Waals surface area contributed by atoms with Gasteiger partial charge in [-0.25, -0.2) is 0 Å². The number of benzene rings is 3. The van der Waals surface area contributed by atoms with E-state index in [0.29, 0.717) is 12.0 Å². The van der Waals surface area contributed by atoms with Crippen molar-refractivity contribution >= 4 is 27.3 Å². The molecule has 1 aliphatic carbocycles. The van der Waals surface area contributed by atoms with E-state index in [4.69, 9.17) is 0 Å². The normalized spacial score (nSPS) is 18.4. The second kappa shape index (κ2) is 8.68. The summed E-state index contributed by atoms with van der Waals surface area (Å²) in [6, 6.07) is 24.6. The summed E-state index contributed by atoms with van der Waals surface area (Å²) in [5, 5.41) is 9.76.